The molecule has 0 aromatic carbocycles. The van der Waals surface area contributed by atoms with E-state index in [1.165, 1.54) is 0 Å². The summed E-state index contributed by atoms with van der Waals surface area (Å²) in [5.41, 5.74) is 0.994. The van der Waals surface area contributed by atoms with Crippen molar-refractivity contribution in [1.82, 2.24) is 15.3 Å². The first kappa shape index (κ1) is 14.9. The van der Waals surface area contributed by atoms with Crippen molar-refractivity contribution in [3.05, 3.63) is 24.0 Å². The van der Waals surface area contributed by atoms with E-state index in [1.807, 2.05) is 27.0 Å². The van der Waals surface area contributed by atoms with Gasteiger partial charge in [-0.2, -0.15) is 10.2 Å². The Hall–Kier alpha value is -2.13. The lowest BCUT2D eigenvalue weighted by Gasteiger charge is -2.16. The van der Waals surface area contributed by atoms with Crippen molar-refractivity contribution < 1.29 is 0 Å². The maximum Gasteiger partial charge on any atom is 0.228 e. The van der Waals surface area contributed by atoms with E-state index in [-0.39, 0.29) is 12.1 Å². The molecule has 0 aliphatic heterocycles. The van der Waals surface area contributed by atoms with Gasteiger partial charge in [0.25, 0.3) is 0 Å². The third-order valence-electron chi connectivity index (χ3n) is 2.68. The number of allylic oxidation sites excluding steroid dienone is 1. The number of anilines is 2. The summed E-state index contributed by atoms with van der Waals surface area (Å²) in [5.74, 6) is 1.13. The predicted octanol–water partition coefficient (Wildman–Crippen LogP) is 1.72. The molecule has 19 heavy (non-hydrogen) atoms. The van der Waals surface area contributed by atoms with Gasteiger partial charge in [0, 0.05) is 17.9 Å². The van der Waals surface area contributed by atoms with Crippen LogP contribution in [0.4, 0.5) is 11.8 Å². The van der Waals surface area contributed by atoms with Gasteiger partial charge in [-0.05, 0) is 33.9 Å². The van der Waals surface area contributed by atoms with Crippen molar-refractivity contribution >= 4 is 11.8 Å². The number of hydrogen-bond acceptors (Lipinski definition) is 6. The first-order valence-corrected chi connectivity index (χ1v) is 6.20. The molecular weight excluding hydrogens is 240 g/mol. The molecule has 1 rings (SSSR count). The lowest BCUT2D eigenvalue weighted by atomic mass is 10.2. The number of nitrogens with zero attached hydrogens (tertiary/aromatic N) is 3. The van der Waals surface area contributed by atoms with Gasteiger partial charge >= 0.3 is 0 Å². The summed E-state index contributed by atoms with van der Waals surface area (Å²) in [6.07, 6.45) is 3.63. The van der Waals surface area contributed by atoms with E-state index in [2.05, 4.69) is 32.0 Å². The third-order valence-corrected chi connectivity index (χ3v) is 2.68. The van der Waals surface area contributed by atoms with Crippen molar-refractivity contribution in [3.63, 3.8) is 0 Å². The van der Waals surface area contributed by atoms with Gasteiger partial charge in [0.05, 0.1) is 6.07 Å². The van der Waals surface area contributed by atoms with Crippen LogP contribution in [0.15, 0.2) is 24.0 Å². The molecule has 102 valence electrons. The number of aromatic nitrogens is 2. The number of hydrogen-bond donors (Lipinski definition) is 3. The van der Waals surface area contributed by atoms with Crippen molar-refractivity contribution in [2.45, 2.75) is 32.9 Å². The van der Waals surface area contributed by atoms with Crippen molar-refractivity contribution in [1.29, 1.82) is 5.26 Å². The fraction of sp³-hybridized carbons (Fsp3) is 0.462. The van der Waals surface area contributed by atoms with Gasteiger partial charge in [0.2, 0.25) is 5.95 Å². The Labute approximate surface area is 114 Å². The Bertz CT molecular complexity index is 476. The zero-order chi connectivity index (χ0) is 14.3. The fourth-order valence-electron chi connectivity index (χ4n) is 1.47. The van der Waals surface area contributed by atoms with Crippen LogP contribution in [0, 0.1) is 11.3 Å². The second kappa shape index (κ2) is 7.34. The zero-order valence-electron chi connectivity index (χ0n) is 11.7. The Kier molecular flexibility index (Phi) is 5.76. The van der Waals surface area contributed by atoms with E-state index in [9.17, 15) is 0 Å². The minimum absolute atomic E-state index is 0.184. The first-order chi connectivity index (χ1) is 9.10. The fourth-order valence-corrected chi connectivity index (χ4v) is 1.47. The molecule has 0 fully saturated rings. The quantitative estimate of drug-likeness (QED) is 0.722. The molecule has 0 aliphatic carbocycles. The van der Waals surface area contributed by atoms with Crippen molar-refractivity contribution in [2.24, 2.45) is 0 Å². The Morgan fingerprint density at radius 3 is 2.79 bits per heavy atom. The standard InChI is InChI=1S/C13H20N6/c1-5-11(10(3)15-4)18-13-16-7-6-12(19-13)17-9(2)8-14/h5-7,9-10,15H,1-4H3,(H2,16,17,18,19)/b11-5+/t9?,10-/m1/s1. The Morgan fingerprint density at radius 1 is 1.47 bits per heavy atom. The summed E-state index contributed by atoms with van der Waals surface area (Å²) < 4.78 is 0. The summed E-state index contributed by atoms with van der Waals surface area (Å²) in [4.78, 5) is 8.48. The van der Waals surface area contributed by atoms with Gasteiger partial charge in [0.1, 0.15) is 11.9 Å². The van der Waals surface area contributed by atoms with Crippen molar-refractivity contribution in [2.75, 3.05) is 17.7 Å². The molecule has 0 aliphatic rings. The Morgan fingerprint density at radius 2 is 2.21 bits per heavy atom. The Balaban J connectivity index is 2.80. The summed E-state index contributed by atoms with van der Waals surface area (Å²) in [5, 5.41) is 18.1. The largest absolute Gasteiger partial charge is 0.355 e. The average Bonchev–Trinajstić information content (AvgIpc) is 2.44. The van der Waals surface area contributed by atoms with Gasteiger partial charge in [-0.3, -0.25) is 0 Å². The molecule has 1 heterocycles. The lowest BCUT2D eigenvalue weighted by Crippen LogP contribution is -2.28. The molecule has 0 bridgehead atoms. The highest BCUT2D eigenvalue weighted by Gasteiger charge is 2.08. The molecule has 1 unspecified atom stereocenters. The second-order valence-corrected chi connectivity index (χ2v) is 4.14. The van der Waals surface area contributed by atoms with Crippen LogP contribution in [0.2, 0.25) is 0 Å². The highest BCUT2D eigenvalue weighted by molar-refractivity contribution is 5.44. The maximum absolute atomic E-state index is 8.76. The molecular formula is C13H20N6. The number of likely N-dealkylation sites (N-methyl/N-ethyl adjacent to an activating group) is 1. The van der Waals surface area contributed by atoms with E-state index in [0.717, 1.165) is 5.70 Å². The summed E-state index contributed by atoms with van der Waals surface area (Å²) in [6.45, 7) is 5.77. The number of nitriles is 1. The minimum Gasteiger partial charge on any atom is -0.355 e. The van der Waals surface area contributed by atoms with Gasteiger partial charge in [-0.15, -0.1) is 0 Å². The highest BCUT2D eigenvalue weighted by Crippen LogP contribution is 2.10. The molecule has 1 aromatic heterocycles. The molecule has 0 spiro atoms. The number of nitrogens with one attached hydrogen (secondary N) is 3. The van der Waals surface area contributed by atoms with E-state index < -0.39 is 0 Å². The molecule has 1 aromatic rings. The van der Waals surface area contributed by atoms with Crippen LogP contribution >= 0.6 is 0 Å². The minimum atomic E-state index is -0.292. The predicted molar refractivity (Wildman–Crippen MR) is 76.6 cm³/mol. The van der Waals surface area contributed by atoms with Gasteiger partial charge in [-0.1, -0.05) is 6.08 Å². The molecule has 2 atom stereocenters. The van der Waals surface area contributed by atoms with Crippen LogP contribution in [0.5, 0.6) is 0 Å². The smallest absolute Gasteiger partial charge is 0.228 e. The van der Waals surface area contributed by atoms with Crippen LogP contribution in [0.3, 0.4) is 0 Å². The van der Waals surface area contributed by atoms with E-state index >= 15 is 0 Å². The van der Waals surface area contributed by atoms with Crippen LogP contribution in [-0.4, -0.2) is 29.1 Å². The van der Waals surface area contributed by atoms with Gasteiger partial charge in [0.15, 0.2) is 0 Å². The summed E-state index contributed by atoms with van der Waals surface area (Å²) >= 11 is 0. The zero-order valence-corrected chi connectivity index (χ0v) is 11.7. The van der Waals surface area contributed by atoms with E-state index in [0.29, 0.717) is 11.8 Å². The van der Waals surface area contributed by atoms with E-state index in [1.54, 1.807) is 19.2 Å². The van der Waals surface area contributed by atoms with Crippen LogP contribution < -0.4 is 16.0 Å². The van der Waals surface area contributed by atoms with Crippen LogP contribution in [-0.2, 0) is 0 Å². The molecule has 0 radical (unpaired) electrons. The summed E-state index contributed by atoms with van der Waals surface area (Å²) in [7, 11) is 1.89. The number of rotatable bonds is 6. The summed E-state index contributed by atoms with van der Waals surface area (Å²) in [6, 6.07) is 3.72. The first-order valence-electron chi connectivity index (χ1n) is 6.20. The molecule has 3 N–H and O–H groups in total. The van der Waals surface area contributed by atoms with E-state index in [4.69, 9.17) is 5.26 Å². The molecule has 6 heteroatoms. The molecule has 0 saturated carbocycles. The van der Waals surface area contributed by atoms with Gasteiger partial charge < -0.3 is 16.0 Å². The molecule has 0 amide bonds. The van der Waals surface area contributed by atoms with Crippen molar-refractivity contribution in [3.8, 4) is 6.07 Å². The molecule has 6 nitrogen and oxygen atoms in total. The van der Waals surface area contributed by atoms with Crippen LogP contribution in [0.1, 0.15) is 20.8 Å². The normalized spacial score (nSPS) is 14.4. The maximum atomic E-state index is 8.76. The monoisotopic (exact) mass is 260 g/mol. The second-order valence-electron chi connectivity index (χ2n) is 4.14. The topological polar surface area (TPSA) is 85.7 Å². The lowest BCUT2D eigenvalue weighted by molar-refractivity contribution is 0.692. The molecule has 0 saturated heterocycles. The van der Waals surface area contributed by atoms with Crippen LogP contribution in [0.25, 0.3) is 0 Å². The highest BCUT2D eigenvalue weighted by atomic mass is 15.2. The third kappa shape index (κ3) is 4.56. The SMILES string of the molecule is C/C=C(/Nc1nccc(NC(C)C#N)n1)[C@@H](C)NC. The average molecular weight is 260 g/mol. The van der Waals surface area contributed by atoms with Gasteiger partial charge in [-0.25, -0.2) is 4.98 Å².